The number of hydrogen-bond donors (Lipinski definition) is 2. The predicted molar refractivity (Wildman–Crippen MR) is 83.1 cm³/mol. The summed E-state index contributed by atoms with van der Waals surface area (Å²) < 4.78 is 10.0. The van der Waals surface area contributed by atoms with Gasteiger partial charge in [-0.05, 0) is 35.5 Å². The number of aromatic hydroxyl groups is 1. The number of hydrogen-bond acceptors (Lipinski definition) is 7. The Kier molecular flexibility index (Phi) is 4.80. The van der Waals surface area contributed by atoms with Crippen LogP contribution in [-0.4, -0.2) is 47.8 Å². The minimum Gasteiger partial charge on any atom is -0.502 e. The van der Waals surface area contributed by atoms with Gasteiger partial charge in [0.25, 0.3) is 11.1 Å². The van der Waals surface area contributed by atoms with Gasteiger partial charge < -0.3 is 20.3 Å². The summed E-state index contributed by atoms with van der Waals surface area (Å²) in [5.41, 5.74) is 5.50. The SMILES string of the molecule is COc1cc(/C=C2\SC(=O)N(CC(N)=O)C2=O)cc(OC)c1O. The van der Waals surface area contributed by atoms with Gasteiger partial charge >= 0.3 is 0 Å². The Bertz CT molecular complexity index is 690. The lowest BCUT2D eigenvalue weighted by Gasteiger charge is -2.10. The summed E-state index contributed by atoms with van der Waals surface area (Å²) in [4.78, 5) is 35.7. The van der Waals surface area contributed by atoms with Crippen molar-refractivity contribution in [2.75, 3.05) is 20.8 Å². The Balaban J connectivity index is 2.37. The number of methoxy groups -OCH3 is 2. The lowest BCUT2D eigenvalue weighted by atomic mass is 10.1. The molecule has 23 heavy (non-hydrogen) atoms. The van der Waals surface area contributed by atoms with Crippen LogP contribution in [-0.2, 0) is 9.59 Å². The molecular weight excluding hydrogens is 324 g/mol. The normalized spacial score (nSPS) is 16.1. The second-order valence-corrected chi connectivity index (χ2v) is 5.50. The zero-order chi connectivity index (χ0) is 17.1. The average molecular weight is 338 g/mol. The van der Waals surface area contributed by atoms with Crippen molar-refractivity contribution in [3.8, 4) is 17.2 Å². The molecule has 1 saturated heterocycles. The molecule has 2 rings (SSSR count). The van der Waals surface area contributed by atoms with E-state index in [1.165, 1.54) is 32.4 Å². The van der Waals surface area contributed by atoms with E-state index in [2.05, 4.69) is 0 Å². The van der Waals surface area contributed by atoms with Gasteiger partial charge in [0.1, 0.15) is 6.54 Å². The molecule has 0 bridgehead atoms. The number of carbonyl (C=O) groups is 3. The number of amides is 3. The number of phenols is 1. The molecule has 0 spiro atoms. The lowest BCUT2D eigenvalue weighted by molar-refractivity contribution is -0.127. The van der Waals surface area contributed by atoms with Crippen LogP contribution in [0.5, 0.6) is 17.2 Å². The van der Waals surface area contributed by atoms with Crippen LogP contribution in [0.25, 0.3) is 6.08 Å². The van der Waals surface area contributed by atoms with Crippen molar-refractivity contribution in [1.82, 2.24) is 4.90 Å². The molecule has 0 aliphatic carbocycles. The van der Waals surface area contributed by atoms with Crippen molar-refractivity contribution >= 4 is 34.9 Å². The van der Waals surface area contributed by atoms with E-state index in [-0.39, 0.29) is 22.2 Å². The number of imide groups is 1. The predicted octanol–water partition coefficient (Wildman–Crippen LogP) is 0.931. The van der Waals surface area contributed by atoms with E-state index in [0.29, 0.717) is 17.3 Å². The van der Waals surface area contributed by atoms with E-state index >= 15 is 0 Å². The zero-order valence-corrected chi connectivity index (χ0v) is 13.2. The number of nitrogens with zero attached hydrogens (tertiary/aromatic N) is 1. The van der Waals surface area contributed by atoms with E-state index in [1.807, 2.05) is 0 Å². The maximum Gasteiger partial charge on any atom is 0.294 e. The first-order chi connectivity index (χ1) is 10.9. The summed E-state index contributed by atoms with van der Waals surface area (Å²) in [5.74, 6) is -1.24. The number of nitrogens with two attached hydrogens (primary N) is 1. The van der Waals surface area contributed by atoms with Gasteiger partial charge in [-0.1, -0.05) is 0 Å². The fourth-order valence-corrected chi connectivity index (χ4v) is 2.78. The molecule has 1 aliphatic rings. The lowest BCUT2D eigenvalue weighted by Crippen LogP contribution is -2.36. The van der Waals surface area contributed by atoms with Crippen LogP contribution >= 0.6 is 11.8 Å². The molecule has 1 heterocycles. The van der Waals surface area contributed by atoms with Crippen LogP contribution in [0.1, 0.15) is 5.56 Å². The van der Waals surface area contributed by atoms with Gasteiger partial charge in [-0.25, -0.2) is 0 Å². The minimum absolute atomic E-state index is 0.131. The van der Waals surface area contributed by atoms with Crippen molar-refractivity contribution in [3.05, 3.63) is 22.6 Å². The van der Waals surface area contributed by atoms with Crippen molar-refractivity contribution in [2.24, 2.45) is 5.73 Å². The molecule has 0 saturated carbocycles. The standard InChI is InChI=1S/C14H14N2O6S/c1-21-8-3-7(4-9(22-2)12(8)18)5-10-13(19)16(6-11(15)17)14(20)23-10/h3-5,18H,6H2,1-2H3,(H2,15,17)/b10-5-. The summed E-state index contributed by atoms with van der Waals surface area (Å²) in [5, 5.41) is 9.28. The number of primary amides is 1. The largest absolute Gasteiger partial charge is 0.502 e. The van der Waals surface area contributed by atoms with Crippen LogP contribution in [0.4, 0.5) is 4.79 Å². The number of phenolic OH excluding ortho intramolecular Hbond substituents is 1. The van der Waals surface area contributed by atoms with Crippen LogP contribution in [0.2, 0.25) is 0 Å². The Morgan fingerprint density at radius 1 is 1.30 bits per heavy atom. The van der Waals surface area contributed by atoms with Crippen LogP contribution in [0.3, 0.4) is 0 Å². The molecule has 1 aliphatic heterocycles. The molecule has 122 valence electrons. The van der Waals surface area contributed by atoms with E-state index in [0.717, 1.165) is 4.90 Å². The highest BCUT2D eigenvalue weighted by molar-refractivity contribution is 8.18. The van der Waals surface area contributed by atoms with Gasteiger partial charge in [-0.2, -0.15) is 0 Å². The van der Waals surface area contributed by atoms with Crippen molar-refractivity contribution < 1.29 is 29.0 Å². The van der Waals surface area contributed by atoms with E-state index in [1.54, 1.807) is 0 Å². The van der Waals surface area contributed by atoms with Gasteiger partial charge in [0.05, 0.1) is 19.1 Å². The van der Waals surface area contributed by atoms with Gasteiger partial charge in [0.15, 0.2) is 11.5 Å². The van der Waals surface area contributed by atoms with Gasteiger partial charge in [-0.15, -0.1) is 0 Å². The molecule has 0 atom stereocenters. The zero-order valence-electron chi connectivity index (χ0n) is 12.4. The van der Waals surface area contributed by atoms with E-state index in [9.17, 15) is 19.5 Å². The van der Waals surface area contributed by atoms with E-state index in [4.69, 9.17) is 15.2 Å². The van der Waals surface area contributed by atoms with Crippen LogP contribution in [0, 0.1) is 0 Å². The van der Waals surface area contributed by atoms with Crippen molar-refractivity contribution in [3.63, 3.8) is 0 Å². The van der Waals surface area contributed by atoms with Gasteiger partial charge in [-0.3, -0.25) is 19.3 Å². The topological polar surface area (TPSA) is 119 Å². The van der Waals surface area contributed by atoms with Crippen molar-refractivity contribution in [2.45, 2.75) is 0 Å². The third-order valence-electron chi connectivity index (χ3n) is 2.99. The molecule has 3 N–H and O–H groups in total. The monoisotopic (exact) mass is 338 g/mol. The third-order valence-corrected chi connectivity index (χ3v) is 3.89. The molecule has 9 heteroatoms. The smallest absolute Gasteiger partial charge is 0.294 e. The Morgan fingerprint density at radius 3 is 2.35 bits per heavy atom. The number of carbonyl (C=O) groups excluding carboxylic acids is 3. The highest BCUT2D eigenvalue weighted by Gasteiger charge is 2.35. The van der Waals surface area contributed by atoms with Gasteiger partial charge in [0, 0.05) is 0 Å². The molecule has 1 aromatic rings. The Morgan fingerprint density at radius 2 is 1.87 bits per heavy atom. The molecule has 0 aromatic heterocycles. The Labute approximate surface area is 135 Å². The second kappa shape index (κ2) is 6.61. The summed E-state index contributed by atoms with van der Waals surface area (Å²) in [6, 6.07) is 2.97. The average Bonchev–Trinajstić information content (AvgIpc) is 2.76. The number of rotatable bonds is 5. The molecule has 0 unspecified atom stereocenters. The molecule has 8 nitrogen and oxygen atoms in total. The number of benzene rings is 1. The Hall–Kier alpha value is -2.68. The maximum absolute atomic E-state index is 12.1. The maximum atomic E-state index is 12.1. The molecule has 1 fully saturated rings. The minimum atomic E-state index is -0.776. The first-order valence-corrected chi connectivity index (χ1v) is 7.17. The molecule has 3 amide bonds. The fraction of sp³-hybridized carbons (Fsp3) is 0.214. The summed E-state index contributed by atoms with van der Waals surface area (Å²) >= 11 is 0.696. The molecule has 1 aromatic carbocycles. The highest BCUT2D eigenvalue weighted by Crippen LogP contribution is 2.39. The van der Waals surface area contributed by atoms with Crippen LogP contribution < -0.4 is 15.2 Å². The molecular formula is C14H14N2O6S. The van der Waals surface area contributed by atoms with E-state index < -0.39 is 23.6 Å². The first kappa shape index (κ1) is 16.7. The first-order valence-electron chi connectivity index (χ1n) is 6.36. The quantitative estimate of drug-likeness (QED) is 0.766. The highest BCUT2D eigenvalue weighted by atomic mass is 32.2. The fourth-order valence-electron chi connectivity index (χ4n) is 1.94. The second-order valence-electron chi connectivity index (χ2n) is 4.51. The van der Waals surface area contributed by atoms with Crippen molar-refractivity contribution in [1.29, 1.82) is 0 Å². The summed E-state index contributed by atoms with van der Waals surface area (Å²) in [7, 11) is 2.75. The number of ether oxygens (including phenoxy) is 2. The molecule has 0 radical (unpaired) electrons. The summed E-state index contributed by atoms with van der Waals surface area (Å²) in [6.07, 6.45) is 1.44. The van der Waals surface area contributed by atoms with Gasteiger partial charge in [0.2, 0.25) is 11.7 Å². The third kappa shape index (κ3) is 3.39. The van der Waals surface area contributed by atoms with Crippen LogP contribution in [0.15, 0.2) is 17.0 Å². The summed E-state index contributed by atoms with van der Waals surface area (Å²) in [6.45, 7) is -0.468. The number of thioether (sulfide) groups is 1.